The molecule has 0 aromatic heterocycles. The molecule has 0 fully saturated rings. The SMILES string of the molecule is Cc1ccc(N2C(=O)/C(=C/c3ccc(Cl)c(Cl)c3)N=C2SCC(=O)Nc2cc(Cl)ccc2C#N)cc1. The zero-order valence-corrected chi connectivity index (χ0v) is 21.8. The lowest BCUT2D eigenvalue weighted by molar-refractivity contribution is -0.114. The van der Waals surface area contributed by atoms with Crippen molar-refractivity contribution >= 4 is 81.0 Å². The summed E-state index contributed by atoms with van der Waals surface area (Å²) in [7, 11) is 0. The van der Waals surface area contributed by atoms with Gasteiger partial charge in [0, 0.05) is 5.02 Å². The van der Waals surface area contributed by atoms with Crippen LogP contribution in [0.1, 0.15) is 16.7 Å². The first-order valence-corrected chi connectivity index (χ1v) is 12.7. The third-order valence-corrected chi connectivity index (χ3v) is 6.99. The number of halogens is 3. The zero-order chi connectivity index (χ0) is 25.8. The zero-order valence-electron chi connectivity index (χ0n) is 18.8. The normalized spacial score (nSPS) is 14.1. The number of carbonyl (C=O) groups excluding carboxylic acids is 2. The molecule has 0 radical (unpaired) electrons. The molecule has 0 atom stereocenters. The molecule has 2 amide bonds. The predicted molar refractivity (Wildman–Crippen MR) is 148 cm³/mol. The molecular weight excluding hydrogens is 539 g/mol. The number of hydrogen-bond donors (Lipinski definition) is 1. The van der Waals surface area contributed by atoms with Crippen LogP contribution in [0.4, 0.5) is 11.4 Å². The van der Waals surface area contributed by atoms with Gasteiger partial charge in [-0.15, -0.1) is 0 Å². The molecule has 1 aliphatic rings. The van der Waals surface area contributed by atoms with Gasteiger partial charge in [0.1, 0.15) is 11.8 Å². The molecule has 0 aliphatic carbocycles. The van der Waals surface area contributed by atoms with Crippen LogP contribution in [0.3, 0.4) is 0 Å². The maximum atomic E-state index is 13.3. The fraction of sp³-hybridized carbons (Fsp3) is 0.0769. The summed E-state index contributed by atoms with van der Waals surface area (Å²) in [4.78, 5) is 32.0. The minimum absolute atomic E-state index is 0.0497. The van der Waals surface area contributed by atoms with Crippen molar-refractivity contribution in [3.63, 3.8) is 0 Å². The van der Waals surface area contributed by atoms with E-state index in [4.69, 9.17) is 34.8 Å². The average Bonchev–Trinajstić information content (AvgIpc) is 3.15. The molecule has 0 unspecified atom stereocenters. The van der Waals surface area contributed by atoms with Crippen molar-refractivity contribution in [1.82, 2.24) is 0 Å². The van der Waals surface area contributed by atoms with Crippen molar-refractivity contribution in [3.05, 3.63) is 98.1 Å². The number of nitriles is 1. The van der Waals surface area contributed by atoms with E-state index in [9.17, 15) is 14.9 Å². The minimum atomic E-state index is -0.375. The summed E-state index contributed by atoms with van der Waals surface area (Å²) in [5, 5.41) is 13.5. The molecule has 1 heterocycles. The van der Waals surface area contributed by atoms with E-state index in [-0.39, 0.29) is 23.3 Å². The molecule has 3 aromatic rings. The Morgan fingerprint density at radius 2 is 1.83 bits per heavy atom. The van der Waals surface area contributed by atoms with E-state index in [1.165, 1.54) is 17.0 Å². The van der Waals surface area contributed by atoms with Gasteiger partial charge in [-0.1, -0.05) is 70.3 Å². The van der Waals surface area contributed by atoms with E-state index in [0.717, 1.165) is 17.3 Å². The molecule has 4 rings (SSSR count). The number of aryl methyl sites for hydroxylation is 1. The van der Waals surface area contributed by atoms with Crippen LogP contribution in [0, 0.1) is 18.3 Å². The Morgan fingerprint density at radius 1 is 1.08 bits per heavy atom. The molecule has 10 heteroatoms. The minimum Gasteiger partial charge on any atom is -0.324 e. The van der Waals surface area contributed by atoms with E-state index >= 15 is 0 Å². The van der Waals surface area contributed by atoms with Gasteiger partial charge in [0.15, 0.2) is 5.17 Å². The topological polar surface area (TPSA) is 85.6 Å². The second-order valence-electron chi connectivity index (χ2n) is 7.71. The number of nitrogens with zero attached hydrogens (tertiary/aromatic N) is 3. The number of nitrogens with one attached hydrogen (secondary N) is 1. The monoisotopic (exact) mass is 554 g/mol. The Morgan fingerprint density at radius 3 is 2.53 bits per heavy atom. The first kappa shape index (κ1) is 25.8. The number of amides is 2. The summed E-state index contributed by atoms with van der Waals surface area (Å²) in [6.45, 7) is 1.95. The summed E-state index contributed by atoms with van der Waals surface area (Å²) in [5.41, 5.74) is 3.12. The van der Waals surface area contributed by atoms with E-state index in [2.05, 4.69) is 10.3 Å². The van der Waals surface area contributed by atoms with Crippen molar-refractivity contribution < 1.29 is 9.59 Å². The molecule has 6 nitrogen and oxygen atoms in total. The molecular formula is C26H17Cl3N4O2S. The summed E-state index contributed by atoms with van der Waals surface area (Å²) < 4.78 is 0. The van der Waals surface area contributed by atoms with Crippen LogP contribution in [0.25, 0.3) is 6.08 Å². The van der Waals surface area contributed by atoms with Crippen molar-refractivity contribution in [1.29, 1.82) is 5.26 Å². The van der Waals surface area contributed by atoms with Crippen molar-refractivity contribution in [3.8, 4) is 6.07 Å². The number of aliphatic imine (C=N–C) groups is 1. The van der Waals surface area contributed by atoms with Crippen molar-refractivity contribution in [2.24, 2.45) is 4.99 Å². The summed E-state index contributed by atoms with van der Waals surface area (Å²) in [6.07, 6.45) is 1.62. The van der Waals surface area contributed by atoms with Crippen LogP contribution in [0.15, 0.2) is 71.4 Å². The van der Waals surface area contributed by atoms with Gasteiger partial charge in [-0.2, -0.15) is 5.26 Å². The van der Waals surface area contributed by atoms with Gasteiger partial charge in [0.2, 0.25) is 5.91 Å². The van der Waals surface area contributed by atoms with Crippen molar-refractivity contribution in [2.45, 2.75) is 6.92 Å². The molecule has 0 saturated heterocycles. The second kappa shape index (κ2) is 11.2. The standard InChI is InChI=1S/C26H17Cl3N4O2S/c1-15-2-7-19(8-3-15)33-25(35)23(11-16-4-9-20(28)21(29)10-16)32-26(33)36-14-24(34)31-22-12-18(27)6-5-17(22)13-30/h2-12H,14H2,1H3,(H,31,34)/b23-11-. The second-order valence-corrected chi connectivity index (χ2v) is 9.91. The van der Waals surface area contributed by atoms with E-state index < -0.39 is 0 Å². The highest BCUT2D eigenvalue weighted by Gasteiger charge is 2.32. The molecule has 0 spiro atoms. The summed E-state index contributed by atoms with van der Waals surface area (Å²) >= 11 is 19.2. The van der Waals surface area contributed by atoms with Gasteiger partial charge >= 0.3 is 0 Å². The van der Waals surface area contributed by atoms with Gasteiger partial charge in [0.05, 0.1) is 32.7 Å². The maximum absolute atomic E-state index is 13.3. The fourth-order valence-corrected chi connectivity index (χ4v) is 4.60. The molecule has 0 bridgehead atoms. The lowest BCUT2D eigenvalue weighted by Crippen LogP contribution is -2.31. The van der Waals surface area contributed by atoms with Gasteiger partial charge in [0.25, 0.3) is 5.91 Å². The fourth-order valence-electron chi connectivity index (χ4n) is 3.31. The average molecular weight is 556 g/mol. The maximum Gasteiger partial charge on any atom is 0.283 e. The van der Waals surface area contributed by atoms with Crippen LogP contribution in [-0.4, -0.2) is 22.7 Å². The Kier molecular flexibility index (Phi) is 8.02. The Bertz CT molecular complexity index is 1460. The Hall–Kier alpha value is -3.28. The first-order chi connectivity index (χ1) is 17.2. The quantitative estimate of drug-likeness (QED) is 0.346. The van der Waals surface area contributed by atoms with E-state index in [1.54, 1.807) is 30.3 Å². The van der Waals surface area contributed by atoms with Gasteiger partial charge in [-0.05, 0) is 61.0 Å². The summed E-state index contributed by atoms with van der Waals surface area (Å²) in [6, 6.07) is 19.1. The molecule has 0 saturated carbocycles. The Balaban J connectivity index is 1.59. The number of amidine groups is 1. The lowest BCUT2D eigenvalue weighted by atomic mass is 10.2. The molecule has 1 N–H and O–H groups in total. The van der Waals surface area contributed by atoms with Gasteiger partial charge in [-0.25, -0.2) is 4.99 Å². The first-order valence-electron chi connectivity index (χ1n) is 10.5. The van der Waals surface area contributed by atoms with Gasteiger partial charge < -0.3 is 5.32 Å². The number of rotatable bonds is 5. The molecule has 3 aromatic carbocycles. The number of benzene rings is 3. The highest BCUT2D eigenvalue weighted by molar-refractivity contribution is 8.14. The molecule has 36 heavy (non-hydrogen) atoms. The summed E-state index contributed by atoms with van der Waals surface area (Å²) in [5.74, 6) is -0.763. The molecule has 180 valence electrons. The predicted octanol–water partition coefficient (Wildman–Crippen LogP) is 6.94. The molecule has 1 aliphatic heterocycles. The highest BCUT2D eigenvalue weighted by atomic mass is 35.5. The third-order valence-electron chi connectivity index (χ3n) is 5.08. The third kappa shape index (κ3) is 5.92. The lowest BCUT2D eigenvalue weighted by Gasteiger charge is -2.18. The van der Waals surface area contributed by atoms with Crippen LogP contribution < -0.4 is 10.2 Å². The van der Waals surface area contributed by atoms with E-state index in [1.807, 2.05) is 37.3 Å². The van der Waals surface area contributed by atoms with Crippen molar-refractivity contribution in [2.75, 3.05) is 16.0 Å². The van der Waals surface area contributed by atoms with Crippen LogP contribution in [0.5, 0.6) is 0 Å². The smallest absolute Gasteiger partial charge is 0.283 e. The Labute approximate surface area is 227 Å². The van der Waals surface area contributed by atoms with Crippen LogP contribution in [-0.2, 0) is 9.59 Å². The van der Waals surface area contributed by atoms with Crippen LogP contribution in [0.2, 0.25) is 15.1 Å². The van der Waals surface area contributed by atoms with E-state index in [0.29, 0.717) is 42.7 Å². The van der Waals surface area contributed by atoms with Crippen LogP contribution >= 0.6 is 46.6 Å². The number of carbonyl (C=O) groups is 2. The van der Waals surface area contributed by atoms with Gasteiger partial charge in [-0.3, -0.25) is 14.5 Å². The number of anilines is 2. The highest BCUT2D eigenvalue weighted by Crippen LogP contribution is 2.31. The number of thioether (sulfide) groups is 1. The number of hydrogen-bond acceptors (Lipinski definition) is 5. The largest absolute Gasteiger partial charge is 0.324 e.